The second-order valence-electron chi connectivity index (χ2n) is 4.55. The van der Waals surface area contributed by atoms with E-state index in [1.54, 1.807) is 27.5 Å². The van der Waals surface area contributed by atoms with Crippen LogP contribution in [0.3, 0.4) is 0 Å². The Morgan fingerprint density at radius 3 is 1.90 bits per heavy atom. The minimum Gasteiger partial charge on any atom is -0.493 e. The van der Waals surface area contributed by atoms with E-state index < -0.39 is 0 Å². The molecule has 0 saturated carbocycles. The van der Waals surface area contributed by atoms with Gasteiger partial charge in [0.05, 0.1) is 27.0 Å². The molecule has 0 N–H and O–H groups in total. The fourth-order valence-electron chi connectivity index (χ4n) is 1.94. The van der Waals surface area contributed by atoms with Crippen molar-refractivity contribution < 1.29 is 14.2 Å². The van der Waals surface area contributed by atoms with Gasteiger partial charge in [-0.1, -0.05) is 29.8 Å². The van der Waals surface area contributed by atoms with Crippen LogP contribution >= 0.6 is 0 Å². The Morgan fingerprint density at radius 2 is 1.43 bits per heavy atom. The number of aliphatic imine (C=N–C) groups is 1. The number of aryl methyl sites for hydroxylation is 1. The van der Waals surface area contributed by atoms with E-state index >= 15 is 0 Å². The van der Waals surface area contributed by atoms with Crippen molar-refractivity contribution in [2.45, 2.75) is 6.92 Å². The van der Waals surface area contributed by atoms with Gasteiger partial charge in [-0.2, -0.15) is 0 Å². The van der Waals surface area contributed by atoms with Gasteiger partial charge in [0.25, 0.3) is 0 Å². The zero-order chi connectivity index (χ0) is 15.2. The number of ether oxygens (including phenoxy) is 3. The molecule has 0 aliphatic rings. The molecule has 2 rings (SSSR count). The number of hydrogen-bond donors (Lipinski definition) is 0. The fourth-order valence-corrected chi connectivity index (χ4v) is 1.94. The molecule has 0 aliphatic carbocycles. The van der Waals surface area contributed by atoms with E-state index in [2.05, 4.69) is 24.0 Å². The quantitative estimate of drug-likeness (QED) is 0.785. The minimum absolute atomic E-state index is 0.564. The Morgan fingerprint density at radius 1 is 0.857 bits per heavy atom. The summed E-state index contributed by atoms with van der Waals surface area (Å²) in [6.45, 7) is 2.06. The monoisotopic (exact) mass is 285 g/mol. The predicted molar refractivity (Wildman–Crippen MR) is 84.5 cm³/mol. The molecule has 21 heavy (non-hydrogen) atoms. The van der Waals surface area contributed by atoms with E-state index in [1.807, 2.05) is 24.3 Å². The maximum Gasteiger partial charge on any atom is 0.203 e. The van der Waals surface area contributed by atoms with E-state index in [0.29, 0.717) is 17.2 Å². The molecule has 4 nitrogen and oxygen atoms in total. The fraction of sp³-hybridized carbons (Fsp3) is 0.235. The topological polar surface area (TPSA) is 40.0 Å². The van der Waals surface area contributed by atoms with Crippen LogP contribution in [0.4, 0.5) is 5.69 Å². The van der Waals surface area contributed by atoms with E-state index in [-0.39, 0.29) is 0 Å². The third-order valence-electron chi connectivity index (χ3n) is 3.09. The van der Waals surface area contributed by atoms with Gasteiger partial charge in [0.1, 0.15) is 0 Å². The lowest BCUT2D eigenvalue weighted by Crippen LogP contribution is -1.94. The second-order valence-corrected chi connectivity index (χ2v) is 4.55. The van der Waals surface area contributed by atoms with Crippen LogP contribution < -0.4 is 14.2 Å². The van der Waals surface area contributed by atoms with Crippen molar-refractivity contribution in [1.82, 2.24) is 0 Å². The molecule has 4 heteroatoms. The SMILES string of the molecule is COc1cc(N=Cc2ccc(C)cc2)cc(OC)c1OC. The van der Waals surface area contributed by atoms with Crippen LogP contribution in [0.25, 0.3) is 0 Å². The molecule has 0 atom stereocenters. The number of benzene rings is 2. The molecule has 110 valence electrons. The van der Waals surface area contributed by atoms with Crippen LogP contribution in [0.15, 0.2) is 41.4 Å². The van der Waals surface area contributed by atoms with Crippen molar-refractivity contribution in [2.75, 3.05) is 21.3 Å². The average molecular weight is 285 g/mol. The predicted octanol–water partition coefficient (Wildman–Crippen LogP) is 3.77. The second kappa shape index (κ2) is 6.79. The molecule has 0 heterocycles. The first-order valence-corrected chi connectivity index (χ1v) is 6.58. The van der Waals surface area contributed by atoms with Crippen LogP contribution in [0.1, 0.15) is 11.1 Å². The molecular formula is C17H19NO3. The number of methoxy groups -OCH3 is 3. The molecule has 0 aromatic heterocycles. The smallest absolute Gasteiger partial charge is 0.203 e. The summed E-state index contributed by atoms with van der Waals surface area (Å²) >= 11 is 0. The van der Waals surface area contributed by atoms with Crippen molar-refractivity contribution >= 4 is 11.9 Å². The van der Waals surface area contributed by atoms with Gasteiger partial charge in [-0.3, -0.25) is 4.99 Å². The van der Waals surface area contributed by atoms with Crippen molar-refractivity contribution in [3.8, 4) is 17.2 Å². The first-order valence-electron chi connectivity index (χ1n) is 6.58. The molecular weight excluding hydrogens is 266 g/mol. The summed E-state index contributed by atoms with van der Waals surface area (Å²) in [4.78, 5) is 4.46. The van der Waals surface area contributed by atoms with Crippen LogP contribution in [-0.2, 0) is 0 Å². The van der Waals surface area contributed by atoms with Crippen molar-refractivity contribution in [2.24, 2.45) is 4.99 Å². The lowest BCUT2D eigenvalue weighted by atomic mass is 10.2. The normalized spacial score (nSPS) is 10.7. The van der Waals surface area contributed by atoms with E-state index in [1.165, 1.54) is 5.56 Å². The summed E-state index contributed by atoms with van der Waals surface area (Å²) in [5.41, 5.74) is 3.00. The van der Waals surface area contributed by atoms with Crippen molar-refractivity contribution in [3.63, 3.8) is 0 Å². The van der Waals surface area contributed by atoms with E-state index in [9.17, 15) is 0 Å². The number of nitrogens with zero attached hydrogens (tertiary/aromatic N) is 1. The molecule has 2 aromatic carbocycles. The lowest BCUT2D eigenvalue weighted by Gasteiger charge is -2.12. The lowest BCUT2D eigenvalue weighted by molar-refractivity contribution is 0.324. The van der Waals surface area contributed by atoms with Crippen LogP contribution in [0.5, 0.6) is 17.2 Å². The molecule has 0 saturated heterocycles. The molecule has 0 aliphatic heterocycles. The maximum atomic E-state index is 5.31. The third kappa shape index (κ3) is 3.54. The standard InChI is InChI=1S/C17H19NO3/c1-12-5-7-13(8-6-12)11-18-14-9-15(19-2)17(21-4)16(10-14)20-3/h5-11H,1-4H3. The summed E-state index contributed by atoms with van der Waals surface area (Å²) in [6, 6.07) is 11.8. The van der Waals surface area contributed by atoms with Crippen molar-refractivity contribution in [3.05, 3.63) is 47.5 Å². The van der Waals surface area contributed by atoms with Gasteiger partial charge in [0.2, 0.25) is 5.75 Å². The Bertz CT molecular complexity index is 608. The molecule has 0 unspecified atom stereocenters. The van der Waals surface area contributed by atoms with Gasteiger partial charge in [0.15, 0.2) is 11.5 Å². The molecule has 0 amide bonds. The largest absolute Gasteiger partial charge is 0.493 e. The van der Waals surface area contributed by atoms with Crippen LogP contribution in [-0.4, -0.2) is 27.5 Å². The first-order chi connectivity index (χ1) is 10.2. The summed E-state index contributed by atoms with van der Waals surface area (Å²) in [7, 11) is 4.76. The number of rotatable bonds is 5. The van der Waals surface area contributed by atoms with Crippen LogP contribution in [0.2, 0.25) is 0 Å². The summed E-state index contributed by atoms with van der Waals surface area (Å²) in [6.07, 6.45) is 1.81. The Balaban J connectivity index is 2.33. The zero-order valence-corrected chi connectivity index (χ0v) is 12.7. The van der Waals surface area contributed by atoms with Gasteiger partial charge in [-0.05, 0) is 12.5 Å². The van der Waals surface area contributed by atoms with Gasteiger partial charge in [0, 0.05) is 18.3 Å². The average Bonchev–Trinajstić information content (AvgIpc) is 2.53. The number of hydrogen-bond acceptors (Lipinski definition) is 4. The van der Waals surface area contributed by atoms with Gasteiger partial charge < -0.3 is 14.2 Å². The van der Waals surface area contributed by atoms with Gasteiger partial charge in [-0.15, -0.1) is 0 Å². The minimum atomic E-state index is 0.564. The Hall–Kier alpha value is -2.49. The summed E-state index contributed by atoms with van der Waals surface area (Å²) in [5.74, 6) is 1.75. The van der Waals surface area contributed by atoms with Gasteiger partial charge in [-0.25, -0.2) is 0 Å². The van der Waals surface area contributed by atoms with Gasteiger partial charge >= 0.3 is 0 Å². The molecule has 0 bridgehead atoms. The van der Waals surface area contributed by atoms with E-state index in [4.69, 9.17) is 14.2 Å². The Kier molecular flexibility index (Phi) is 4.82. The third-order valence-corrected chi connectivity index (χ3v) is 3.09. The zero-order valence-electron chi connectivity index (χ0n) is 12.7. The highest BCUT2D eigenvalue weighted by atomic mass is 16.5. The van der Waals surface area contributed by atoms with Crippen molar-refractivity contribution in [1.29, 1.82) is 0 Å². The highest BCUT2D eigenvalue weighted by Crippen LogP contribution is 2.40. The molecule has 0 spiro atoms. The molecule has 0 fully saturated rings. The first kappa shape index (κ1) is 14.9. The Labute approximate surface area is 125 Å². The summed E-state index contributed by atoms with van der Waals surface area (Å²) in [5, 5.41) is 0. The van der Waals surface area contributed by atoms with Crippen LogP contribution in [0, 0.1) is 6.92 Å². The summed E-state index contributed by atoms with van der Waals surface area (Å²) < 4.78 is 15.9. The molecule has 0 radical (unpaired) electrons. The highest BCUT2D eigenvalue weighted by molar-refractivity contribution is 5.82. The van der Waals surface area contributed by atoms with E-state index in [0.717, 1.165) is 11.3 Å². The molecule has 2 aromatic rings. The maximum absolute atomic E-state index is 5.31. The highest BCUT2D eigenvalue weighted by Gasteiger charge is 2.12.